The van der Waals surface area contributed by atoms with Gasteiger partial charge in [-0.3, -0.25) is 4.90 Å². The van der Waals surface area contributed by atoms with Crippen LogP contribution >= 0.6 is 0 Å². The molecular formula is C28H40N6O2. The molecule has 0 amide bonds. The minimum Gasteiger partial charge on any atom is -0.495 e. The van der Waals surface area contributed by atoms with Crippen molar-refractivity contribution in [1.82, 2.24) is 20.2 Å². The molecule has 36 heavy (non-hydrogen) atoms. The van der Waals surface area contributed by atoms with Crippen LogP contribution in [0.1, 0.15) is 51.0 Å². The van der Waals surface area contributed by atoms with Crippen LogP contribution in [0.3, 0.4) is 0 Å². The summed E-state index contributed by atoms with van der Waals surface area (Å²) >= 11 is 0. The van der Waals surface area contributed by atoms with Crippen LogP contribution < -0.4 is 20.3 Å². The predicted molar refractivity (Wildman–Crippen MR) is 145 cm³/mol. The Hall–Kier alpha value is -2.60. The smallest absolute Gasteiger partial charge is 0.227 e. The number of nitrogens with zero attached hydrogens (tertiary/aromatic N) is 4. The Balaban J connectivity index is 1.38. The van der Waals surface area contributed by atoms with Crippen LogP contribution in [0.25, 0.3) is 10.9 Å². The average Bonchev–Trinajstić information content (AvgIpc) is 3.68. The first-order chi connectivity index (χ1) is 17.7. The monoisotopic (exact) mass is 492 g/mol. The molecule has 4 heterocycles. The number of hydrogen-bond donors (Lipinski definition) is 2. The highest BCUT2D eigenvalue weighted by atomic mass is 16.5. The maximum atomic E-state index is 5.75. The van der Waals surface area contributed by atoms with Gasteiger partial charge >= 0.3 is 0 Å². The van der Waals surface area contributed by atoms with Crippen molar-refractivity contribution in [2.24, 2.45) is 0 Å². The van der Waals surface area contributed by atoms with E-state index in [4.69, 9.17) is 19.4 Å². The van der Waals surface area contributed by atoms with Gasteiger partial charge in [0, 0.05) is 44.2 Å². The standard InChI is InChI=1S/C28H40N6O2/c1-21(19-29-20-23-10-8-16-36-23)30-27-24-18-26(35-2)22(9-7-13-33-11-3-4-12-33)17-25(24)31-28(32-27)34-14-5-6-15-34/h17-18,21,23,29H,3-6,8,10-16,19-20H2,1-2H3,(H,30,31,32). The van der Waals surface area contributed by atoms with Gasteiger partial charge in [0.1, 0.15) is 11.6 Å². The lowest BCUT2D eigenvalue weighted by atomic mass is 10.1. The summed E-state index contributed by atoms with van der Waals surface area (Å²) in [5, 5.41) is 8.16. The Kier molecular flexibility index (Phi) is 8.42. The van der Waals surface area contributed by atoms with Gasteiger partial charge in [0.25, 0.3) is 0 Å². The van der Waals surface area contributed by atoms with Crippen LogP contribution in [0.4, 0.5) is 11.8 Å². The quantitative estimate of drug-likeness (QED) is 0.517. The Morgan fingerprint density at radius 3 is 2.67 bits per heavy atom. The third-order valence-electron chi connectivity index (χ3n) is 7.35. The van der Waals surface area contributed by atoms with Crippen molar-refractivity contribution in [2.45, 2.75) is 57.6 Å². The van der Waals surface area contributed by atoms with Gasteiger partial charge in [-0.2, -0.15) is 4.98 Å². The second-order valence-corrected chi connectivity index (χ2v) is 10.3. The summed E-state index contributed by atoms with van der Waals surface area (Å²) in [7, 11) is 1.71. The predicted octanol–water partition coefficient (Wildman–Crippen LogP) is 3.25. The van der Waals surface area contributed by atoms with Crippen LogP contribution in [0.2, 0.25) is 0 Å². The molecule has 8 nitrogen and oxygen atoms in total. The van der Waals surface area contributed by atoms with E-state index in [2.05, 4.69) is 45.3 Å². The summed E-state index contributed by atoms with van der Waals surface area (Å²) in [5.74, 6) is 9.12. The Morgan fingerprint density at radius 2 is 1.92 bits per heavy atom. The third kappa shape index (κ3) is 6.20. The Morgan fingerprint density at radius 1 is 1.11 bits per heavy atom. The second-order valence-electron chi connectivity index (χ2n) is 10.3. The van der Waals surface area contributed by atoms with Crippen LogP contribution in [0.5, 0.6) is 5.75 Å². The van der Waals surface area contributed by atoms with E-state index in [0.717, 1.165) is 92.8 Å². The van der Waals surface area contributed by atoms with Crippen molar-refractivity contribution in [3.63, 3.8) is 0 Å². The topological polar surface area (TPSA) is 74.8 Å². The molecule has 8 heteroatoms. The van der Waals surface area contributed by atoms with Gasteiger partial charge in [0.15, 0.2) is 0 Å². The number of fused-ring (bicyclic) bond motifs is 1. The van der Waals surface area contributed by atoms with Gasteiger partial charge in [-0.25, -0.2) is 4.98 Å². The van der Waals surface area contributed by atoms with E-state index in [1.807, 2.05) is 6.07 Å². The summed E-state index contributed by atoms with van der Waals surface area (Å²) < 4.78 is 11.5. The molecule has 3 fully saturated rings. The molecule has 2 aromatic rings. The zero-order valence-electron chi connectivity index (χ0n) is 21.8. The summed E-state index contributed by atoms with van der Waals surface area (Å²) in [6.45, 7) is 9.89. The first-order valence-corrected chi connectivity index (χ1v) is 13.6. The molecule has 0 aliphatic carbocycles. The number of aromatic nitrogens is 2. The molecule has 1 aromatic carbocycles. The highest BCUT2D eigenvalue weighted by Crippen LogP contribution is 2.31. The molecule has 2 atom stereocenters. The summed E-state index contributed by atoms with van der Waals surface area (Å²) in [6, 6.07) is 4.30. The van der Waals surface area contributed by atoms with Crippen molar-refractivity contribution in [3.05, 3.63) is 17.7 Å². The molecule has 194 valence electrons. The molecule has 0 bridgehead atoms. The molecular weight excluding hydrogens is 452 g/mol. The lowest BCUT2D eigenvalue weighted by molar-refractivity contribution is 0.110. The highest BCUT2D eigenvalue weighted by Gasteiger charge is 2.20. The van der Waals surface area contributed by atoms with Gasteiger partial charge in [-0.1, -0.05) is 11.8 Å². The van der Waals surface area contributed by atoms with E-state index < -0.39 is 0 Å². The number of nitrogens with one attached hydrogen (secondary N) is 2. The van der Waals surface area contributed by atoms with Crippen molar-refractivity contribution in [3.8, 4) is 17.6 Å². The summed E-state index contributed by atoms with van der Waals surface area (Å²) in [4.78, 5) is 14.6. The van der Waals surface area contributed by atoms with Gasteiger partial charge in [-0.15, -0.1) is 0 Å². The molecule has 5 rings (SSSR count). The van der Waals surface area contributed by atoms with E-state index in [1.54, 1.807) is 7.11 Å². The summed E-state index contributed by atoms with van der Waals surface area (Å²) in [6.07, 6.45) is 7.57. The molecule has 3 saturated heterocycles. The minimum absolute atomic E-state index is 0.196. The van der Waals surface area contributed by atoms with E-state index in [9.17, 15) is 0 Å². The Bertz CT molecular complexity index is 1080. The summed E-state index contributed by atoms with van der Waals surface area (Å²) in [5.41, 5.74) is 1.78. The van der Waals surface area contributed by atoms with Crippen molar-refractivity contribution < 1.29 is 9.47 Å². The van der Waals surface area contributed by atoms with E-state index in [-0.39, 0.29) is 6.04 Å². The maximum Gasteiger partial charge on any atom is 0.227 e. The number of methoxy groups -OCH3 is 1. The average molecular weight is 493 g/mol. The molecule has 0 saturated carbocycles. The van der Waals surface area contributed by atoms with Crippen LogP contribution in [0, 0.1) is 11.8 Å². The van der Waals surface area contributed by atoms with Crippen LogP contribution in [-0.2, 0) is 4.74 Å². The molecule has 3 aliphatic heterocycles. The third-order valence-corrected chi connectivity index (χ3v) is 7.35. The normalized spacial score (nSPS) is 21.1. The van der Waals surface area contributed by atoms with Crippen LogP contribution in [0.15, 0.2) is 12.1 Å². The first-order valence-electron chi connectivity index (χ1n) is 13.6. The van der Waals surface area contributed by atoms with E-state index in [0.29, 0.717) is 6.10 Å². The maximum absolute atomic E-state index is 5.75. The molecule has 2 N–H and O–H groups in total. The van der Waals surface area contributed by atoms with Gasteiger partial charge in [-0.05, 0) is 70.7 Å². The fraction of sp³-hybridized carbons (Fsp3) is 0.643. The van der Waals surface area contributed by atoms with Gasteiger partial charge in [0.2, 0.25) is 5.95 Å². The number of anilines is 2. The van der Waals surface area contributed by atoms with Crippen LogP contribution in [-0.4, -0.2) is 86.5 Å². The Labute approximate surface area is 215 Å². The first kappa shape index (κ1) is 25.1. The number of hydrogen-bond acceptors (Lipinski definition) is 8. The fourth-order valence-corrected chi connectivity index (χ4v) is 5.32. The number of likely N-dealkylation sites (tertiary alicyclic amines) is 1. The zero-order valence-corrected chi connectivity index (χ0v) is 21.8. The van der Waals surface area contributed by atoms with Crippen molar-refractivity contribution in [1.29, 1.82) is 0 Å². The fourth-order valence-electron chi connectivity index (χ4n) is 5.32. The van der Waals surface area contributed by atoms with E-state index >= 15 is 0 Å². The van der Waals surface area contributed by atoms with Crippen molar-refractivity contribution in [2.75, 3.05) is 69.7 Å². The van der Waals surface area contributed by atoms with Crippen molar-refractivity contribution >= 4 is 22.7 Å². The lowest BCUT2D eigenvalue weighted by Crippen LogP contribution is -2.35. The zero-order chi connectivity index (χ0) is 24.7. The van der Waals surface area contributed by atoms with Gasteiger partial charge < -0.3 is 25.0 Å². The minimum atomic E-state index is 0.196. The lowest BCUT2D eigenvalue weighted by Gasteiger charge is -2.21. The highest BCUT2D eigenvalue weighted by molar-refractivity contribution is 5.92. The number of ether oxygens (including phenoxy) is 2. The van der Waals surface area contributed by atoms with E-state index in [1.165, 1.54) is 32.1 Å². The molecule has 3 aliphatic rings. The second kappa shape index (κ2) is 12.1. The molecule has 0 radical (unpaired) electrons. The molecule has 2 unspecified atom stereocenters. The largest absolute Gasteiger partial charge is 0.495 e. The molecule has 1 aromatic heterocycles. The number of rotatable bonds is 9. The number of benzene rings is 1. The SMILES string of the molecule is COc1cc2c(NC(C)CNCC3CCCO3)nc(N3CCCC3)nc2cc1C#CCN1CCCC1. The van der Waals surface area contributed by atoms with Gasteiger partial charge in [0.05, 0.1) is 30.8 Å². The molecule has 0 spiro atoms.